The zero-order chi connectivity index (χ0) is 15.1. The molecule has 1 saturated heterocycles. The molecule has 2 aliphatic rings. The third kappa shape index (κ3) is 4.76. The number of carbonyl (C=O) groups is 2. The third-order valence-corrected chi connectivity index (χ3v) is 4.12. The molecule has 0 aromatic rings. The molecule has 2 atom stereocenters. The standard InChI is InChI=1S/C16H25NO4/c1-2-20-16(19)17-10-6-9-14(11-17)15(18)21-12-13-7-4-3-5-8-13/h3-4,13-14H,2,5-12H2,1H3. The van der Waals surface area contributed by atoms with Crippen molar-refractivity contribution in [2.75, 3.05) is 26.3 Å². The molecule has 0 saturated carbocycles. The average molecular weight is 295 g/mol. The lowest BCUT2D eigenvalue weighted by atomic mass is 9.95. The molecular weight excluding hydrogens is 270 g/mol. The molecule has 0 radical (unpaired) electrons. The Kier molecular flexibility index (Phi) is 6.08. The number of likely N-dealkylation sites (tertiary alicyclic amines) is 1. The summed E-state index contributed by atoms with van der Waals surface area (Å²) in [6, 6.07) is 0. The van der Waals surface area contributed by atoms with Gasteiger partial charge < -0.3 is 14.4 Å². The maximum atomic E-state index is 12.1. The first-order chi connectivity index (χ1) is 10.2. The molecule has 1 amide bonds. The van der Waals surface area contributed by atoms with Crippen LogP contribution in [0.4, 0.5) is 4.79 Å². The van der Waals surface area contributed by atoms with Gasteiger partial charge in [0.05, 0.1) is 19.1 Å². The normalized spacial score (nSPS) is 25.5. The van der Waals surface area contributed by atoms with E-state index < -0.39 is 0 Å². The molecule has 1 fully saturated rings. The molecule has 0 bridgehead atoms. The first-order valence-electron chi connectivity index (χ1n) is 7.94. The fraction of sp³-hybridized carbons (Fsp3) is 0.750. The fourth-order valence-corrected chi connectivity index (χ4v) is 2.88. The third-order valence-electron chi connectivity index (χ3n) is 4.12. The predicted octanol–water partition coefficient (Wildman–Crippen LogP) is 2.75. The molecule has 1 aliphatic carbocycles. The van der Waals surface area contributed by atoms with Crippen LogP contribution in [0, 0.1) is 11.8 Å². The Bertz CT molecular complexity index is 394. The number of allylic oxidation sites excluding steroid dienone is 2. The molecule has 1 heterocycles. The molecule has 118 valence electrons. The number of hydrogen-bond acceptors (Lipinski definition) is 4. The molecular formula is C16H25NO4. The highest BCUT2D eigenvalue weighted by atomic mass is 16.6. The summed E-state index contributed by atoms with van der Waals surface area (Å²) in [5.74, 6) is 0.0736. The van der Waals surface area contributed by atoms with E-state index in [9.17, 15) is 9.59 Å². The van der Waals surface area contributed by atoms with Gasteiger partial charge in [-0.2, -0.15) is 0 Å². The summed E-state index contributed by atoms with van der Waals surface area (Å²) in [7, 11) is 0. The first-order valence-corrected chi connectivity index (χ1v) is 7.94. The highest BCUT2D eigenvalue weighted by Gasteiger charge is 2.30. The van der Waals surface area contributed by atoms with Gasteiger partial charge in [-0.15, -0.1) is 0 Å². The summed E-state index contributed by atoms with van der Waals surface area (Å²) < 4.78 is 10.4. The second-order valence-electron chi connectivity index (χ2n) is 5.76. The van der Waals surface area contributed by atoms with Crippen molar-refractivity contribution < 1.29 is 19.1 Å². The van der Waals surface area contributed by atoms with E-state index in [4.69, 9.17) is 9.47 Å². The highest BCUT2D eigenvalue weighted by Crippen LogP contribution is 2.21. The Morgan fingerprint density at radius 1 is 1.24 bits per heavy atom. The van der Waals surface area contributed by atoms with E-state index >= 15 is 0 Å². The van der Waals surface area contributed by atoms with Crippen molar-refractivity contribution in [3.05, 3.63) is 12.2 Å². The van der Waals surface area contributed by atoms with Crippen LogP contribution in [0.2, 0.25) is 0 Å². The van der Waals surface area contributed by atoms with Gasteiger partial charge in [-0.1, -0.05) is 12.2 Å². The Morgan fingerprint density at radius 3 is 2.81 bits per heavy atom. The highest BCUT2D eigenvalue weighted by molar-refractivity contribution is 5.74. The molecule has 1 aliphatic heterocycles. The van der Waals surface area contributed by atoms with E-state index in [0.717, 1.165) is 32.1 Å². The molecule has 0 N–H and O–H groups in total. The molecule has 5 nitrogen and oxygen atoms in total. The smallest absolute Gasteiger partial charge is 0.409 e. The number of piperidine rings is 1. The van der Waals surface area contributed by atoms with Gasteiger partial charge in [-0.3, -0.25) is 4.79 Å². The Hall–Kier alpha value is -1.52. The van der Waals surface area contributed by atoms with Gasteiger partial charge in [0.25, 0.3) is 0 Å². The van der Waals surface area contributed by atoms with Crippen LogP contribution in [0.1, 0.15) is 39.0 Å². The molecule has 2 rings (SSSR count). The number of rotatable bonds is 4. The van der Waals surface area contributed by atoms with Crippen LogP contribution in [0.15, 0.2) is 12.2 Å². The Balaban J connectivity index is 1.76. The number of esters is 1. The number of nitrogens with zero attached hydrogens (tertiary/aromatic N) is 1. The molecule has 0 aromatic heterocycles. The van der Waals surface area contributed by atoms with Crippen molar-refractivity contribution in [1.29, 1.82) is 0 Å². The summed E-state index contributed by atoms with van der Waals surface area (Å²) in [4.78, 5) is 25.5. The van der Waals surface area contributed by atoms with E-state index in [1.54, 1.807) is 11.8 Å². The average Bonchev–Trinajstić information content (AvgIpc) is 2.54. The minimum atomic E-state index is -0.326. The van der Waals surface area contributed by atoms with Crippen molar-refractivity contribution in [3.63, 3.8) is 0 Å². The van der Waals surface area contributed by atoms with E-state index in [0.29, 0.717) is 32.2 Å². The molecule has 2 unspecified atom stereocenters. The van der Waals surface area contributed by atoms with Crippen molar-refractivity contribution >= 4 is 12.1 Å². The second kappa shape index (κ2) is 8.05. The summed E-state index contributed by atoms with van der Waals surface area (Å²) in [6.07, 6.45) is 8.78. The van der Waals surface area contributed by atoms with Crippen molar-refractivity contribution in [2.24, 2.45) is 11.8 Å². The summed E-state index contributed by atoms with van der Waals surface area (Å²) in [5, 5.41) is 0. The Morgan fingerprint density at radius 2 is 2.10 bits per heavy atom. The minimum absolute atomic E-state index is 0.168. The summed E-state index contributed by atoms with van der Waals surface area (Å²) in [5.41, 5.74) is 0. The lowest BCUT2D eigenvalue weighted by molar-refractivity contribution is -0.151. The number of hydrogen-bond donors (Lipinski definition) is 0. The SMILES string of the molecule is CCOC(=O)N1CCCC(C(=O)OCC2CC=CCC2)C1. The predicted molar refractivity (Wildman–Crippen MR) is 78.8 cm³/mol. The van der Waals surface area contributed by atoms with Crippen LogP contribution in [-0.2, 0) is 14.3 Å². The fourth-order valence-electron chi connectivity index (χ4n) is 2.88. The van der Waals surface area contributed by atoms with E-state index in [1.165, 1.54) is 0 Å². The van der Waals surface area contributed by atoms with E-state index in [2.05, 4.69) is 12.2 Å². The van der Waals surface area contributed by atoms with Crippen LogP contribution >= 0.6 is 0 Å². The maximum absolute atomic E-state index is 12.1. The van der Waals surface area contributed by atoms with Gasteiger partial charge in [0.2, 0.25) is 0 Å². The quantitative estimate of drug-likeness (QED) is 0.591. The van der Waals surface area contributed by atoms with Gasteiger partial charge in [0, 0.05) is 13.1 Å². The van der Waals surface area contributed by atoms with Gasteiger partial charge in [0.15, 0.2) is 0 Å². The van der Waals surface area contributed by atoms with Gasteiger partial charge >= 0.3 is 12.1 Å². The molecule has 0 aromatic carbocycles. The van der Waals surface area contributed by atoms with Gasteiger partial charge in [-0.05, 0) is 44.9 Å². The maximum Gasteiger partial charge on any atom is 0.409 e. The zero-order valence-corrected chi connectivity index (χ0v) is 12.8. The minimum Gasteiger partial charge on any atom is -0.465 e. The van der Waals surface area contributed by atoms with Gasteiger partial charge in [0.1, 0.15) is 0 Å². The summed E-state index contributed by atoms with van der Waals surface area (Å²) >= 11 is 0. The first kappa shape index (κ1) is 15.9. The zero-order valence-electron chi connectivity index (χ0n) is 12.8. The van der Waals surface area contributed by atoms with Crippen molar-refractivity contribution in [2.45, 2.75) is 39.0 Å². The summed E-state index contributed by atoms with van der Waals surface area (Å²) in [6.45, 7) is 3.73. The van der Waals surface area contributed by atoms with Crippen LogP contribution in [0.25, 0.3) is 0 Å². The van der Waals surface area contributed by atoms with E-state index in [-0.39, 0.29) is 18.0 Å². The number of carbonyl (C=O) groups excluding carboxylic acids is 2. The lowest BCUT2D eigenvalue weighted by Crippen LogP contribution is -2.43. The number of amides is 1. The van der Waals surface area contributed by atoms with Crippen LogP contribution in [0.3, 0.4) is 0 Å². The largest absolute Gasteiger partial charge is 0.465 e. The monoisotopic (exact) mass is 295 g/mol. The van der Waals surface area contributed by atoms with Gasteiger partial charge in [-0.25, -0.2) is 4.79 Å². The van der Waals surface area contributed by atoms with Crippen LogP contribution in [0.5, 0.6) is 0 Å². The van der Waals surface area contributed by atoms with Crippen molar-refractivity contribution in [3.8, 4) is 0 Å². The topological polar surface area (TPSA) is 55.8 Å². The second-order valence-corrected chi connectivity index (χ2v) is 5.76. The molecule has 21 heavy (non-hydrogen) atoms. The lowest BCUT2D eigenvalue weighted by Gasteiger charge is -2.31. The Labute approximate surface area is 126 Å². The molecule has 0 spiro atoms. The van der Waals surface area contributed by atoms with Crippen molar-refractivity contribution in [1.82, 2.24) is 4.90 Å². The number of ether oxygens (including phenoxy) is 2. The van der Waals surface area contributed by atoms with Crippen LogP contribution < -0.4 is 0 Å². The van der Waals surface area contributed by atoms with Crippen LogP contribution in [-0.4, -0.2) is 43.3 Å². The van der Waals surface area contributed by atoms with E-state index in [1.807, 2.05) is 0 Å². The molecule has 5 heteroatoms.